The molecule has 0 fully saturated rings. The third kappa shape index (κ3) is 3.50. The van der Waals surface area contributed by atoms with Crippen LogP contribution in [-0.4, -0.2) is 25.2 Å². The number of hydrogen-bond acceptors (Lipinski definition) is 6. The molecule has 26 heavy (non-hydrogen) atoms. The first-order valence-electron chi connectivity index (χ1n) is 7.88. The van der Waals surface area contributed by atoms with Gasteiger partial charge in [-0.2, -0.15) is 4.68 Å². The van der Waals surface area contributed by atoms with Gasteiger partial charge >= 0.3 is 0 Å². The molecular weight excluding hydrogens is 353 g/mol. The quantitative estimate of drug-likeness (QED) is 0.496. The minimum Gasteiger partial charge on any atom is -0.440 e. The number of benzene rings is 2. The number of tetrazole rings is 1. The van der Waals surface area contributed by atoms with Gasteiger partial charge in [0, 0.05) is 5.56 Å². The summed E-state index contributed by atoms with van der Waals surface area (Å²) in [6, 6.07) is 14.0. The van der Waals surface area contributed by atoms with Crippen LogP contribution in [0.1, 0.15) is 11.5 Å². The average Bonchev–Trinajstić information content (AvgIpc) is 3.30. The topological polar surface area (TPSA) is 69.6 Å². The first-order valence-corrected chi connectivity index (χ1v) is 8.86. The Morgan fingerprint density at radius 3 is 2.81 bits per heavy atom. The van der Waals surface area contributed by atoms with Gasteiger partial charge in [0.05, 0.1) is 17.6 Å². The van der Waals surface area contributed by atoms with Crippen LogP contribution in [0, 0.1) is 12.7 Å². The zero-order chi connectivity index (χ0) is 17.9. The summed E-state index contributed by atoms with van der Waals surface area (Å²) in [6.07, 6.45) is 1.63. The molecule has 0 saturated carbocycles. The molecule has 0 aliphatic carbocycles. The molecule has 0 spiro atoms. The Balaban J connectivity index is 1.49. The molecule has 2 aromatic carbocycles. The summed E-state index contributed by atoms with van der Waals surface area (Å²) in [6.45, 7) is 2.02. The fourth-order valence-corrected chi connectivity index (χ4v) is 3.19. The maximum absolute atomic E-state index is 13.0. The van der Waals surface area contributed by atoms with Crippen LogP contribution in [0.2, 0.25) is 0 Å². The second kappa shape index (κ2) is 7.09. The number of aromatic nitrogens is 5. The van der Waals surface area contributed by atoms with Crippen molar-refractivity contribution < 1.29 is 8.81 Å². The minimum atomic E-state index is -0.285. The summed E-state index contributed by atoms with van der Waals surface area (Å²) in [5, 5.41) is 12.5. The van der Waals surface area contributed by atoms with Crippen molar-refractivity contribution in [2.24, 2.45) is 0 Å². The van der Waals surface area contributed by atoms with Gasteiger partial charge in [0.1, 0.15) is 5.82 Å². The molecule has 0 aliphatic rings. The van der Waals surface area contributed by atoms with Gasteiger partial charge in [0.2, 0.25) is 11.0 Å². The van der Waals surface area contributed by atoms with E-state index in [1.807, 2.05) is 31.2 Å². The minimum absolute atomic E-state index is 0.285. The van der Waals surface area contributed by atoms with Crippen molar-refractivity contribution >= 4 is 11.8 Å². The maximum Gasteiger partial charge on any atom is 0.214 e. The molecule has 0 aliphatic heterocycles. The van der Waals surface area contributed by atoms with Crippen LogP contribution in [-0.2, 0) is 5.75 Å². The first-order chi connectivity index (χ1) is 12.7. The number of oxazole rings is 1. The van der Waals surface area contributed by atoms with Crippen molar-refractivity contribution in [1.82, 2.24) is 25.2 Å². The van der Waals surface area contributed by atoms with Gasteiger partial charge in [0.25, 0.3) is 0 Å². The Kier molecular flexibility index (Phi) is 4.49. The highest BCUT2D eigenvalue weighted by atomic mass is 32.2. The lowest BCUT2D eigenvalue weighted by Crippen LogP contribution is -1.99. The summed E-state index contributed by atoms with van der Waals surface area (Å²) in [7, 11) is 0. The van der Waals surface area contributed by atoms with E-state index < -0.39 is 0 Å². The van der Waals surface area contributed by atoms with Crippen molar-refractivity contribution in [2.75, 3.05) is 0 Å². The third-order valence-electron chi connectivity index (χ3n) is 3.69. The summed E-state index contributed by atoms with van der Waals surface area (Å²) >= 11 is 1.43. The van der Waals surface area contributed by atoms with Crippen molar-refractivity contribution in [3.05, 3.63) is 72.0 Å². The zero-order valence-corrected chi connectivity index (χ0v) is 14.7. The van der Waals surface area contributed by atoms with Crippen LogP contribution in [0.4, 0.5) is 4.39 Å². The van der Waals surface area contributed by atoms with Crippen molar-refractivity contribution in [3.63, 3.8) is 0 Å². The van der Waals surface area contributed by atoms with Gasteiger partial charge in [-0.05, 0) is 59.3 Å². The molecule has 0 saturated heterocycles. The molecule has 4 rings (SSSR count). The smallest absolute Gasteiger partial charge is 0.214 e. The van der Waals surface area contributed by atoms with Crippen LogP contribution in [0.5, 0.6) is 0 Å². The highest BCUT2D eigenvalue weighted by molar-refractivity contribution is 7.98. The zero-order valence-electron chi connectivity index (χ0n) is 13.8. The predicted octanol–water partition coefficient (Wildman–Crippen LogP) is 4.06. The molecule has 6 nitrogen and oxygen atoms in total. The lowest BCUT2D eigenvalue weighted by atomic mass is 10.2. The monoisotopic (exact) mass is 367 g/mol. The van der Waals surface area contributed by atoms with Gasteiger partial charge in [-0.15, -0.1) is 5.10 Å². The lowest BCUT2D eigenvalue weighted by molar-refractivity contribution is 0.529. The standard InChI is InChI=1S/C18H14FN5OS/c1-12-3-2-4-15(9-12)24-18(21-22-23-24)26-11-17-20-10-16(25-17)13-5-7-14(19)8-6-13/h2-10H,11H2,1H3. The maximum atomic E-state index is 13.0. The normalized spacial score (nSPS) is 11.0. The van der Waals surface area contributed by atoms with E-state index in [-0.39, 0.29) is 5.82 Å². The largest absolute Gasteiger partial charge is 0.440 e. The SMILES string of the molecule is Cc1cccc(-n2nnnc2SCc2ncc(-c3ccc(F)cc3)o2)c1. The number of rotatable bonds is 5. The van der Waals surface area contributed by atoms with Crippen LogP contribution < -0.4 is 0 Å². The molecule has 2 heterocycles. The van der Waals surface area contributed by atoms with Crippen molar-refractivity contribution in [1.29, 1.82) is 0 Å². The highest BCUT2D eigenvalue weighted by Crippen LogP contribution is 2.26. The molecule has 130 valence electrons. The fraction of sp³-hybridized carbons (Fsp3) is 0.111. The van der Waals surface area contributed by atoms with E-state index >= 15 is 0 Å². The molecule has 0 radical (unpaired) electrons. The third-order valence-corrected chi connectivity index (χ3v) is 4.60. The summed E-state index contributed by atoms with van der Waals surface area (Å²) in [5.41, 5.74) is 2.81. The predicted molar refractivity (Wildman–Crippen MR) is 95.3 cm³/mol. The average molecular weight is 367 g/mol. The number of aryl methyl sites for hydroxylation is 1. The van der Waals surface area contributed by atoms with Crippen LogP contribution in [0.25, 0.3) is 17.0 Å². The van der Waals surface area contributed by atoms with E-state index in [4.69, 9.17) is 4.42 Å². The Hall–Kier alpha value is -3.00. The van der Waals surface area contributed by atoms with Crippen LogP contribution >= 0.6 is 11.8 Å². The molecule has 0 bridgehead atoms. The van der Waals surface area contributed by atoms with Gasteiger partial charge in [-0.1, -0.05) is 23.9 Å². The summed E-state index contributed by atoms with van der Waals surface area (Å²) in [5.74, 6) is 1.34. The first kappa shape index (κ1) is 16.5. The van der Waals surface area contributed by atoms with E-state index in [9.17, 15) is 4.39 Å². The fourth-order valence-electron chi connectivity index (χ4n) is 2.44. The molecule has 0 atom stereocenters. The van der Waals surface area contributed by atoms with Gasteiger partial charge in [0.15, 0.2) is 5.76 Å². The van der Waals surface area contributed by atoms with Crippen molar-refractivity contribution in [3.8, 4) is 17.0 Å². The Bertz CT molecular complexity index is 1030. The molecule has 4 aromatic rings. The second-order valence-corrected chi connectivity index (χ2v) is 6.57. The molecular formula is C18H14FN5OS. The molecule has 8 heteroatoms. The number of nitrogens with zero attached hydrogens (tertiary/aromatic N) is 5. The molecule has 0 N–H and O–H groups in total. The Labute approximate surface area is 153 Å². The molecule has 0 amide bonds. The second-order valence-electron chi connectivity index (χ2n) is 5.63. The van der Waals surface area contributed by atoms with E-state index in [2.05, 4.69) is 20.5 Å². The Morgan fingerprint density at radius 1 is 1.15 bits per heavy atom. The van der Waals surface area contributed by atoms with Crippen LogP contribution in [0.3, 0.4) is 0 Å². The summed E-state index contributed by atoms with van der Waals surface area (Å²) < 4.78 is 20.4. The lowest BCUT2D eigenvalue weighted by Gasteiger charge is -2.04. The highest BCUT2D eigenvalue weighted by Gasteiger charge is 2.12. The summed E-state index contributed by atoms with van der Waals surface area (Å²) in [4.78, 5) is 4.27. The Morgan fingerprint density at radius 2 is 2.00 bits per heavy atom. The van der Waals surface area contributed by atoms with Gasteiger partial charge in [-0.3, -0.25) is 0 Å². The van der Waals surface area contributed by atoms with Crippen molar-refractivity contribution in [2.45, 2.75) is 17.8 Å². The van der Waals surface area contributed by atoms with E-state index in [1.165, 1.54) is 23.9 Å². The number of thioether (sulfide) groups is 1. The number of hydrogen-bond donors (Lipinski definition) is 0. The number of halogens is 1. The molecule has 0 unspecified atom stereocenters. The van der Waals surface area contributed by atoms with Gasteiger partial charge < -0.3 is 4.42 Å². The van der Waals surface area contributed by atoms with Crippen LogP contribution in [0.15, 0.2) is 64.3 Å². The van der Waals surface area contributed by atoms with Gasteiger partial charge in [-0.25, -0.2) is 9.37 Å². The van der Waals surface area contributed by atoms with E-state index in [1.54, 1.807) is 23.0 Å². The van der Waals surface area contributed by atoms with E-state index in [0.717, 1.165) is 16.8 Å². The van der Waals surface area contributed by atoms with E-state index in [0.29, 0.717) is 22.6 Å². The molecule has 2 aromatic heterocycles.